The van der Waals surface area contributed by atoms with E-state index in [1.165, 1.54) is 18.2 Å². The number of nitrogens with two attached hydrogens (primary N) is 1. The van der Waals surface area contributed by atoms with E-state index < -0.39 is 5.67 Å². The normalized spacial score (nSPS) is 22.8. The fraction of sp³-hybridized carbons (Fsp3) is 0.200. The number of hydrogen-bond acceptors (Lipinski definition) is 7. The molecule has 0 saturated heterocycles. The Balaban J connectivity index is 2.25. The van der Waals surface area contributed by atoms with Crippen molar-refractivity contribution in [2.24, 2.45) is 4.99 Å². The van der Waals surface area contributed by atoms with Crippen molar-refractivity contribution in [1.29, 1.82) is 5.26 Å². The zero-order chi connectivity index (χ0) is 13.9. The quantitative estimate of drug-likeness (QED) is 0.401. The average Bonchev–Trinajstić information content (AvgIpc) is 2.84. The summed E-state index contributed by atoms with van der Waals surface area (Å²) in [6.45, 7) is 0. The highest BCUT2D eigenvalue weighted by Crippen LogP contribution is 2.25. The summed E-state index contributed by atoms with van der Waals surface area (Å²) >= 11 is 0. The van der Waals surface area contributed by atoms with Crippen LogP contribution in [-0.4, -0.2) is 27.0 Å². The van der Waals surface area contributed by atoms with Crippen molar-refractivity contribution >= 4 is 11.7 Å². The molecule has 98 valence electrons. The molecule has 0 spiro atoms. The van der Waals surface area contributed by atoms with Crippen molar-refractivity contribution in [3.63, 3.8) is 0 Å². The van der Waals surface area contributed by atoms with Crippen molar-refractivity contribution in [2.45, 2.75) is 12.1 Å². The molecule has 1 unspecified atom stereocenters. The topological polar surface area (TPSA) is 133 Å². The molecule has 0 fully saturated rings. The number of rotatable bonds is 2. The van der Waals surface area contributed by atoms with E-state index in [4.69, 9.17) is 16.2 Å². The van der Waals surface area contributed by atoms with Crippen LogP contribution in [0.5, 0.6) is 0 Å². The van der Waals surface area contributed by atoms with Crippen molar-refractivity contribution in [3.05, 3.63) is 29.6 Å². The Hall–Kier alpha value is -2.73. The maximum atomic E-state index is 13.6. The van der Waals surface area contributed by atoms with Gasteiger partial charge < -0.3 is 5.73 Å². The Bertz CT molecular complexity index is 614. The van der Waals surface area contributed by atoms with Crippen LogP contribution in [0, 0.1) is 11.3 Å². The number of aliphatic imine (C=N–C) groups is 1. The molecule has 2 rings (SSSR count). The van der Waals surface area contributed by atoms with Gasteiger partial charge in [-0.25, -0.2) is 14.0 Å². The minimum Gasteiger partial charge on any atom is -0.379 e. The van der Waals surface area contributed by atoms with Gasteiger partial charge in [0.15, 0.2) is 17.3 Å². The number of halogens is 1. The van der Waals surface area contributed by atoms with E-state index in [0.29, 0.717) is 5.70 Å². The number of nitrogen functional groups attached to an aromatic ring is 1. The van der Waals surface area contributed by atoms with Gasteiger partial charge in [0.1, 0.15) is 6.07 Å². The molecule has 0 aliphatic heterocycles. The third-order valence-electron chi connectivity index (χ3n) is 2.40. The Morgan fingerprint density at radius 2 is 2.47 bits per heavy atom. The van der Waals surface area contributed by atoms with Crippen molar-refractivity contribution in [1.82, 2.24) is 15.8 Å². The van der Waals surface area contributed by atoms with Crippen molar-refractivity contribution in [2.75, 3.05) is 5.73 Å². The van der Waals surface area contributed by atoms with E-state index in [0.717, 1.165) is 6.08 Å². The van der Waals surface area contributed by atoms with Crippen LogP contribution in [0.1, 0.15) is 12.1 Å². The molecule has 0 radical (unpaired) electrons. The number of amidine groups is 1. The number of hydrogen-bond donors (Lipinski definition) is 3. The summed E-state index contributed by atoms with van der Waals surface area (Å²) in [6.07, 6.45) is 3.67. The van der Waals surface area contributed by atoms with E-state index in [1.807, 2.05) is 0 Å². The molecular weight excluding hydrogens is 255 g/mol. The lowest BCUT2D eigenvalue weighted by Crippen LogP contribution is -2.23. The van der Waals surface area contributed by atoms with E-state index in [9.17, 15) is 4.39 Å². The van der Waals surface area contributed by atoms with Crippen LogP contribution in [0.25, 0.3) is 0 Å². The van der Waals surface area contributed by atoms with Crippen LogP contribution >= 0.6 is 0 Å². The maximum Gasteiger partial charge on any atom is 0.218 e. The standard InChI is InChI=1S/C10H9FN6O2/c11-10(5-12)3-1-6(2-4-10)14-9(15-18)7-8(13)17-19-16-7/h1-3,18H,4H2,(H2,13,17)(H,14,15). The van der Waals surface area contributed by atoms with Crippen molar-refractivity contribution < 1.29 is 14.2 Å². The molecule has 0 bridgehead atoms. The first kappa shape index (κ1) is 12.7. The SMILES string of the molecule is N#CC1(F)C=CC(N=C(NO)c2nonc2N)=CC1. The zero-order valence-electron chi connectivity index (χ0n) is 9.54. The van der Waals surface area contributed by atoms with E-state index in [1.54, 1.807) is 5.48 Å². The van der Waals surface area contributed by atoms with Gasteiger partial charge in [-0.1, -0.05) is 6.08 Å². The lowest BCUT2D eigenvalue weighted by Gasteiger charge is -2.14. The van der Waals surface area contributed by atoms with Gasteiger partial charge in [0.05, 0.1) is 5.70 Å². The van der Waals surface area contributed by atoms with Crippen LogP contribution in [0.2, 0.25) is 0 Å². The number of allylic oxidation sites excluding steroid dienone is 3. The van der Waals surface area contributed by atoms with Crippen LogP contribution in [0.4, 0.5) is 10.2 Å². The summed E-state index contributed by atoms with van der Waals surface area (Å²) in [5.74, 6) is -0.157. The van der Waals surface area contributed by atoms with Gasteiger partial charge in [-0.15, -0.1) is 0 Å². The molecule has 1 aliphatic carbocycles. The van der Waals surface area contributed by atoms with Gasteiger partial charge in [-0.05, 0) is 22.5 Å². The van der Waals surface area contributed by atoms with Gasteiger partial charge in [-0.2, -0.15) is 5.26 Å². The molecule has 0 saturated carbocycles. The summed E-state index contributed by atoms with van der Waals surface area (Å²) in [5.41, 5.74) is 5.58. The number of hydroxylamine groups is 1. The Morgan fingerprint density at radius 1 is 1.68 bits per heavy atom. The van der Waals surface area contributed by atoms with Crippen LogP contribution in [0.3, 0.4) is 0 Å². The largest absolute Gasteiger partial charge is 0.379 e. The molecule has 1 aliphatic rings. The lowest BCUT2D eigenvalue weighted by atomic mass is 9.98. The first-order valence-electron chi connectivity index (χ1n) is 5.15. The molecule has 0 aromatic carbocycles. The molecule has 9 heteroatoms. The molecule has 8 nitrogen and oxygen atoms in total. The first-order chi connectivity index (χ1) is 9.08. The summed E-state index contributed by atoms with van der Waals surface area (Å²) in [7, 11) is 0. The second kappa shape index (κ2) is 4.87. The Morgan fingerprint density at radius 3 is 2.95 bits per heavy atom. The average molecular weight is 264 g/mol. The summed E-state index contributed by atoms with van der Waals surface area (Å²) in [6, 6.07) is 1.54. The summed E-state index contributed by atoms with van der Waals surface area (Å²) in [5, 5.41) is 24.4. The fourth-order valence-electron chi connectivity index (χ4n) is 1.39. The molecule has 1 aromatic heterocycles. The number of aromatic nitrogens is 2. The predicted molar refractivity (Wildman–Crippen MR) is 61.5 cm³/mol. The second-order valence-electron chi connectivity index (χ2n) is 3.71. The van der Waals surface area contributed by atoms with Gasteiger partial charge >= 0.3 is 0 Å². The molecule has 1 heterocycles. The minimum absolute atomic E-state index is 0.0224. The molecule has 4 N–H and O–H groups in total. The van der Waals surface area contributed by atoms with Crippen LogP contribution in [-0.2, 0) is 0 Å². The lowest BCUT2D eigenvalue weighted by molar-refractivity contribution is 0.233. The van der Waals surface area contributed by atoms with Crippen LogP contribution < -0.4 is 11.2 Å². The molecule has 0 amide bonds. The maximum absolute atomic E-state index is 13.6. The number of alkyl halides is 1. The number of nitrogens with zero attached hydrogens (tertiary/aromatic N) is 4. The first-order valence-corrected chi connectivity index (χ1v) is 5.15. The third kappa shape index (κ3) is 2.58. The third-order valence-corrected chi connectivity index (χ3v) is 2.40. The highest BCUT2D eigenvalue weighted by molar-refractivity contribution is 6.00. The van der Waals surface area contributed by atoms with E-state index in [-0.39, 0.29) is 23.8 Å². The molecular formula is C10H9FN6O2. The predicted octanol–water partition coefficient (Wildman–Crippen LogP) is 0.453. The van der Waals surface area contributed by atoms with E-state index in [2.05, 4.69) is 19.9 Å². The highest BCUT2D eigenvalue weighted by atomic mass is 19.1. The number of nitrogens with one attached hydrogen (secondary N) is 1. The zero-order valence-corrected chi connectivity index (χ0v) is 9.54. The number of anilines is 1. The Labute approximate surface area is 106 Å². The summed E-state index contributed by atoms with van der Waals surface area (Å²) in [4.78, 5) is 3.97. The molecule has 19 heavy (non-hydrogen) atoms. The van der Waals surface area contributed by atoms with Gasteiger partial charge in [0.2, 0.25) is 5.67 Å². The van der Waals surface area contributed by atoms with Crippen molar-refractivity contribution in [3.8, 4) is 6.07 Å². The van der Waals surface area contributed by atoms with Gasteiger partial charge in [-0.3, -0.25) is 10.7 Å². The van der Waals surface area contributed by atoms with Gasteiger partial charge in [0.25, 0.3) is 0 Å². The molecule has 1 aromatic rings. The fourth-order valence-corrected chi connectivity index (χ4v) is 1.39. The monoisotopic (exact) mass is 264 g/mol. The van der Waals surface area contributed by atoms with E-state index >= 15 is 0 Å². The molecule has 1 atom stereocenters. The van der Waals surface area contributed by atoms with Crippen LogP contribution in [0.15, 0.2) is 33.5 Å². The second-order valence-corrected chi connectivity index (χ2v) is 3.71. The van der Waals surface area contributed by atoms with Gasteiger partial charge in [0, 0.05) is 6.42 Å². The minimum atomic E-state index is -2.03. The highest BCUT2D eigenvalue weighted by Gasteiger charge is 2.27. The number of nitriles is 1. The summed E-state index contributed by atoms with van der Waals surface area (Å²) < 4.78 is 17.9. The Kier molecular flexibility index (Phi) is 3.26. The smallest absolute Gasteiger partial charge is 0.218 e.